The van der Waals surface area contributed by atoms with Crippen LogP contribution in [0.1, 0.15) is 0 Å². The SMILES string of the molecule is C=CC(=O)N(C)c1n[nH]c(-c2ccccc2)n1. The summed E-state index contributed by atoms with van der Waals surface area (Å²) in [6, 6.07) is 9.58. The molecule has 0 fully saturated rings. The molecule has 0 unspecified atom stereocenters. The number of likely N-dealkylation sites (N-methyl/N-ethyl adjacent to an activating group) is 1. The van der Waals surface area contributed by atoms with Crippen LogP contribution in [0.3, 0.4) is 0 Å². The van der Waals surface area contributed by atoms with Crippen LogP contribution in [0.2, 0.25) is 0 Å². The number of carbonyl (C=O) groups excluding carboxylic acids is 1. The number of H-pyrrole nitrogens is 1. The van der Waals surface area contributed by atoms with Crippen molar-refractivity contribution >= 4 is 11.9 Å². The van der Waals surface area contributed by atoms with Gasteiger partial charge < -0.3 is 0 Å². The molecule has 0 bridgehead atoms. The normalized spacial score (nSPS) is 9.94. The van der Waals surface area contributed by atoms with E-state index in [0.717, 1.165) is 5.56 Å². The number of hydrogen-bond donors (Lipinski definition) is 1. The Morgan fingerprint density at radius 3 is 2.76 bits per heavy atom. The van der Waals surface area contributed by atoms with E-state index < -0.39 is 0 Å². The third kappa shape index (κ3) is 2.23. The molecule has 1 N–H and O–H groups in total. The van der Waals surface area contributed by atoms with Gasteiger partial charge >= 0.3 is 0 Å². The van der Waals surface area contributed by atoms with Gasteiger partial charge in [0.25, 0.3) is 11.9 Å². The minimum atomic E-state index is -0.247. The highest BCUT2D eigenvalue weighted by atomic mass is 16.2. The zero-order chi connectivity index (χ0) is 12.3. The van der Waals surface area contributed by atoms with Crippen molar-refractivity contribution in [3.63, 3.8) is 0 Å². The van der Waals surface area contributed by atoms with E-state index in [1.807, 2.05) is 30.3 Å². The quantitative estimate of drug-likeness (QED) is 0.812. The van der Waals surface area contributed by atoms with Gasteiger partial charge in [0.1, 0.15) is 0 Å². The number of amides is 1. The van der Waals surface area contributed by atoms with Gasteiger partial charge in [-0.25, -0.2) is 0 Å². The molecule has 0 spiro atoms. The molecule has 86 valence electrons. The van der Waals surface area contributed by atoms with Crippen LogP contribution >= 0.6 is 0 Å². The lowest BCUT2D eigenvalue weighted by atomic mass is 10.2. The zero-order valence-electron chi connectivity index (χ0n) is 9.42. The molecule has 0 aliphatic carbocycles. The number of benzene rings is 1. The molecule has 0 radical (unpaired) electrons. The first-order chi connectivity index (χ1) is 8.22. The Kier molecular flexibility index (Phi) is 3.00. The van der Waals surface area contributed by atoms with E-state index in [4.69, 9.17) is 0 Å². The number of carbonyl (C=O) groups is 1. The van der Waals surface area contributed by atoms with Crippen molar-refractivity contribution in [1.29, 1.82) is 0 Å². The molecule has 0 aliphatic rings. The molecule has 0 atom stereocenters. The summed E-state index contributed by atoms with van der Waals surface area (Å²) in [6.07, 6.45) is 1.22. The van der Waals surface area contributed by atoms with Gasteiger partial charge in [0.05, 0.1) is 0 Å². The molecule has 5 nitrogen and oxygen atoms in total. The maximum atomic E-state index is 11.4. The molecule has 0 aliphatic heterocycles. The molecule has 17 heavy (non-hydrogen) atoms. The Bertz CT molecular complexity index is 532. The smallest absolute Gasteiger partial charge is 0.252 e. The van der Waals surface area contributed by atoms with Crippen LogP contribution in [0.5, 0.6) is 0 Å². The van der Waals surface area contributed by atoms with Crippen molar-refractivity contribution in [2.45, 2.75) is 0 Å². The summed E-state index contributed by atoms with van der Waals surface area (Å²) in [7, 11) is 1.60. The average Bonchev–Trinajstić information content (AvgIpc) is 2.87. The second-order valence-corrected chi connectivity index (χ2v) is 3.45. The first-order valence-electron chi connectivity index (χ1n) is 5.10. The van der Waals surface area contributed by atoms with E-state index in [9.17, 15) is 4.79 Å². The van der Waals surface area contributed by atoms with E-state index in [0.29, 0.717) is 11.8 Å². The third-order valence-corrected chi connectivity index (χ3v) is 2.33. The number of nitrogens with zero attached hydrogens (tertiary/aromatic N) is 3. The summed E-state index contributed by atoms with van der Waals surface area (Å²) in [5.74, 6) is 0.710. The van der Waals surface area contributed by atoms with Crippen molar-refractivity contribution < 1.29 is 4.79 Å². The highest BCUT2D eigenvalue weighted by Crippen LogP contribution is 2.16. The maximum absolute atomic E-state index is 11.4. The van der Waals surface area contributed by atoms with E-state index in [-0.39, 0.29) is 5.91 Å². The molecule has 2 aromatic rings. The van der Waals surface area contributed by atoms with E-state index in [1.54, 1.807) is 7.05 Å². The van der Waals surface area contributed by atoms with Crippen molar-refractivity contribution in [3.05, 3.63) is 43.0 Å². The van der Waals surface area contributed by atoms with Gasteiger partial charge in [-0.1, -0.05) is 36.9 Å². The van der Waals surface area contributed by atoms with Crippen LogP contribution in [0.4, 0.5) is 5.95 Å². The first kappa shape index (κ1) is 11.1. The topological polar surface area (TPSA) is 61.9 Å². The highest BCUT2D eigenvalue weighted by molar-refractivity contribution is 5.99. The van der Waals surface area contributed by atoms with E-state index >= 15 is 0 Å². The standard InChI is InChI=1S/C12H12N4O/c1-3-10(17)16(2)12-13-11(14-15-12)9-7-5-4-6-8-9/h3-8H,1H2,2H3,(H,13,14,15). The van der Waals surface area contributed by atoms with Gasteiger partial charge in [0, 0.05) is 12.6 Å². The van der Waals surface area contributed by atoms with Gasteiger partial charge in [-0.2, -0.15) is 4.98 Å². The molecule has 0 saturated heterocycles. The van der Waals surface area contributed by atoms with Gasteiger partial charge in [0.2, 0.25) is 0 Å². The van der Waals surface area contributed by atoms with Crippen molar-refractivity contribution in [2.24, 2.45) is 0 Å². The fourth-order valence-electron chi connectivity index (χ4n) is 1.36. The summed E-state index contributed by atoms with van der Waals surface area (Å²) in [6.45, 7) is 3.42. The third-order valence-electron chi connectivity index (χ3n) is 2.33. The summed E-state index contributed by atoms with van der Waals surface area (Å²) in [5, 5.41) is 6.78. The number of aromatic nitrogens is 3. The van der Waals surface area contributed by atoms with Crippen molar-refractivity contribution in [1.82, 2.24) is 15.2 Å². The number of hydrogen-bond acceptors (Lipinski definition) is 3. The van der Waals surface area contributed by atoms with Gasteiger partial charge in [-0.3, -0.25) is 14.8 Å². The molecule has 1 heterocycles. The minimum Gasteiger partial charge on any atom is -0.279 e. The van der Waals surface area contributed by atoms with E-state index in [2.05, 4.69) is 21.8 Å². The Morgan fingerprint density at radius 2 is 2.12 bits per heavy atom. The lowest BCUT2D eigenvalue weighted by molar-refractivity contribution is -0.113. The van der Waals surface area contributed by atoms with Crippen LogP contribution < -0.4 is 4.90 Å². The summed E-state index contributed by atoms with van der Waals surface area (Å²) >= 11 is 0. The fourth-order valence-corrected chi connectivity index (χ4v) is 1.36. The lowest BCUT2D eigenvalue weighted by Crippen LogP contribution is -2.24. The molecule has 2 rings (SSSR count). The summed E-state index contributed by atoms with van der Waals surface area (Å²) < 4.78 is 0. The zero-order valence-corrected chi connectivity index (χ0v) is 9.42. The minimum absolute atomic E-state index is 0.247. The number of rotatable bonds is 3. The fraction of sp³-hybridized carbons (Fsp3) is 0.0833. The van der Waals surface area contributed by atoms with Crippen LogP contribution in [-0.4, -0.2) is 28.1 Å². The Hall–Kier alpha value is -2.43. The van der Waals surface area contributed by atoms with Crippen molar-refractivity contribution in [3.8, 4) is 11.4 Å². The van der Waals surface area contributed by atoms with Crippen LogP contribution in [0, 0.1) is 0 Å². The molecule has 1 amide bonds. The molecular weight excluding hydrogens is 216 g/mol. The van der Waals surface area contributed by atoms with Crippen LogP contribution in [0.25, 0.3) is 11.4 Å². The lowest BCUT2D eigenvalue weighted by Gasteiger charge is -2.08. The predicted molar refractivity (Wildman–Crippen MR) is 65.4 cm³/mol. The summed E-state index contributed by atoms with van der Waals surface area (Å²) in [5.41, 5.74) is 0.922. The average molecular weight is 228 g/mol. The van der Waals surface area contributed by atoms with Crippen LogP contribution in [-0.2, 0) is 4.79 Å². The molecule has 1 aromatic heterocycles. The Balaban J connectivity index is 2.28. The molecular formula is C12H12N4O. The molecule has 5 heteroatoms. The second kappa shape index (κ2) is 4.61. The molecule has 0 saturated carbocycles. The monoisotopic (exact) mass is 228 g/mol. The largest absolute Gasteiger partial charge is 0.279 e. The summed E-state index contributed by atoms with van der Waals surface area (Å²) in [4.78, 5) is 16.9. The van der Waals surface area contributed by atoms with E-state index in [1.165, 1.54) is 11.0 Å². The predicted octanol–water partition coefficient (Wildman–Crippen LogP) is 1.62. The Labute approximate surface area is 98.8 Å². The van der Waals surface area contributed by atoms with Crippen LogP contribution in [0.15, 0.2) is 43.0 Å². The molecule has 1 aromatic carbocycles. The van der Waals surface area contributed by atoms with Gasteiger partial charge in [-0.15, -0.1) is 5.10 Å². The Morgan fingerprint density at radius 1 is 1.41 bits per heavy atom. The number of nitrogens with one attached hydrogen (secondary N) is 1. The maximum Gasteiger partial charge on any atom is 0.252 e. The second-order valence-electron chi connectivity index (χ2n) is 3.45. The number of anilines is 1. The first-order valence-corrected chi connectivity index (χ1v) is 5.10. The van der Waals surface area contributed by atoms with Crippen molar-refractivity contribution in [2.75, 3.05) is 11.9 Å². The highest BCUT2D eigenvalue weighted by Gasteiger charge is 2.13. The van der Waals surface area contributed by atoms with Gasteiger partial charge in [-0.05, 0) is 6.08 Å². The number of aromatic amines is 1. The van der Waals surface area contributed by atoms with Gasteiger partial charge in [0.15, 0.2) is 5.82 Å².